The van der Waals surface area contributed by atoms with E-state index in [0.29, 0.717) is 16.9 Å². The minimum atomic E-state index is -0.711. The lowest BCUT2D eigenvalue weighted by Crippen LogP contribution is -2.32. The van der Waals surface area contributed by atoms with Crippen molar-refractivity contribution in [3.05, 3.63) is 113 Å². The molecule has 4 aromatic rings. The van der Waals surface area contributed by atoms with Gasteiger partial charge in [0.2, 0.25) is 0 Å². The highest BCUT2D eigenvalue weighted by atomic mass is 35.5. The van der Waals surface area contributed by atoms with E-state index in [-0.39, 0.29) is 22.3 Å². The van der Waals surface area contributed by atoms with E-state index >= 15 is 0 Å². The molecule has 6 nitrogen and oxygen atoms in total. The van der Waals surface area contributed by atoms with Gasteiger partial charge in [-0.2, -0.15) is 0 Å². The SMILES string of the molecule is O=C(Nc1cccc2ccccc12)c1ccc(NC2=C(Cl)C(=O)N(c3ccc(F)cc3)C2=O)cc1. The average Bonchev–Trinajstić information content (AvgIpc) is 3.08. The van der Waals surface area contributed by atoms with Crippen molar-refractivity contribution in [2.45, 2.75) is 0 Å². The molecule has 3 amide bonds. The first-order chi connectivity index (χ1) is 16.9. The largest absolute Gasteiger partial charge is 0.350 e. The Hall–Kier alpha value is -4.49. The molecule has 0 aromatic heterocycles. The molecule has 1 heterocycles. The van der Waals surface area contributed by atoms with Crippen molar-refractivity contribution in [3.63, 3.8) is 0 Å². The Morgan fingerprint density at radius 1 is 0.800 bits per heavy atom. The summed E-state index contributed by atoms with van der Waals surface area (Å²) in [5.41, 5.74) is 1.67. The fourth-order valence-corrected chi connectivity index (χ4v) is 4.03. The summed E-state index contributed by atoms with van der Waals surface area (Å²) < 4.78 is 13.2. The third-order valence-corrected chi connectivity index (χ3v) is 5.92. The van der Waals surface area contributed by atoms with E-state index < -0.39 is 17.6 Å². The first-order valence-electron chi connectivity index (χ1n) is 10.6. The minimum absolute atomic E-state index is 0.103. The first-order valence-corrected chi connectivity index (χ1v) is 11.0. The summed E-state index contributed by atoms with van der Waals surface area (Å²) in [7, 11) is 0. The monoisotopic (exact) mass is 485 g/mol. The van der Waals surface area contributed by atoms with Gasteiger partial charge in [0.05, 0.1) is 5.69 Å². The molecule has 1 aliphatic rings. The van der Waals surface area contributed by atoms with Crippen molar-refractivity contribution in [1.82, 2.24) is 0 Å². The van der Waals surface area contributed by atoms with Crippen molar-refractivity contribution in [3.8, 4) is 0 Å². The third-order valence-electron chi connectivity index (χ3n) is 5.57. The molecule has 0 bridgehead atoms. The highest BCUT2D eigenvalue weighted by Crippen LogP contribution is 2.30. The van der Waals surface area contributed by atoms with Gasteiger partial charge in [-0.05, 0) is 60.0 Å². The van der Waals surface area contributed by atoms with Crippen LogP contribution in [0.3, 0.4) is 0 Å². The maximum absolute atomic E-state index is 13.2. The van der Waals surface area contributed by atoms with Crippen LogP contribution in [0.5, 0.6) is 0 Å². The van der Waals surface area contributed by atoms with Crippen LogP contribution in [-0.4, -0.2) is 17.7 Å². The minimum Gasteiger partial charge on any atom is -0.350 e. The van der Waals surface area contributed by atoms with E-state index in [1.807, 2.05) is 42.5 Å². The fraction of sp³-hybridized carbons (Fsp3) is 0. The second kappa shape index (κ2) is 9.04. The van der Waals surface area contributed by atoms with E-state index in [1.54, 1.807) is 24.3 Å². The molecule has 0 unspecified atom stereocenters. The Balaban J connectivity index is 1.31. The molecule has 35 heavy (non-hydrogen) atoms. The van der Waals surface area contributed by atoms with Crippen LogP contribution in [0.25, 0.3) is 10.8 Å². The maximum Gasteiger partial charge on any atom is 0.283 e. The van der Waals surface area contributed by atoms with Crippen LogP contribution in [-0.2, 0) is 9.59 Å². The summed E-state index contributed by atoms with van der Waals surface area (Å²) in [6, 6.07) is 24.8. The smallest absolute Gasteiger partial charge is 0.283 e. The Labute approximate surface area is 204 Å². The number of hydrogen-bond donors (Lipinski definition) is 2. The van der Waals surface area contributed by atoms with Crippen molar-refractivity contribution in [2.75, 3.05) is 15.5 Å². The number of imide groups is 1. The molecule has 5 rings (SSSR count). The number of fused-ring (bicyclic) bond motifs is 1. The molecule has 0 radical (unpaired) electrons. The third kappa shape index (κ3) is 4.25. The number of benzene rings is 4. The number of carbonyl (C=O) groups excluding carboxylic acids is 3. The summed E-state index contributed by atoms with van der Waals surface area (Å²) in [4.78, 5) is 39.0. The number of rotatable bonds is 5. The number of halogens is 2. The van der Waals surface area contributed by atoms with Gasteiger partial charge in [-0.15, -0.1) is 0 Å². The lowest BCUT2D eigenvalue weighted by Gasteiger charge is -2.15. The van der Waals surface area contributed by atoms with E-state index in [0.717, 1.165) is 27.8 Å². The fourth-order valence-electron chi connectivity index (χ4n) is 3.81. The summed E-state index contributed by atoms with van der Waals surface area (Å²) in [5.74, 6) is -2.16. The second-order valence-corrected chi connectivity index (χ2v) is 8.17. The highest BCUT2D eigenvalue weighted by Gasteiger charge is 2.38. The molecule has 0 aliphatic carbocycles. The number of nitrogens with zero attached hydrogens (tertiary/aromatic N) is 1. The molecule has 0 fully saturated rings. The maximum atomic E-state index is 13.2. The van der Waals surface area contributed by atoms with Gasteiger partial charge in [-0.3, -0.25) is 14.4 Å². The van der Waals surface area contributed by atoms with Crippen molar-refractivity contribution < 1.29 is 18.8 Å². The molecule has 0 saturated heterocycles. The van der Waals surface area contributed by atoms with Crippen LogP contribution in [0.4, 0.5) is 21.5 Å². The first kappa shape index (κ1) is 22.3. The molecule has 2 N–H and O–H groups in total. The van der Waals surface area contributed by atoms with Crippen LogP contribution in [0.1, 0.15) is 10.4 Å². The van der Waals surface area contributed by atoms with Gasteiger partial charge in [-0.1, -0.05) is 48.0 Å². The molecule has 0 saturated carbocycles. The Morgan fingerprint density at radius 2 is 1.49 bits per heavy atom. The van der Waals surface area contributed by atoms with Crippen molar-refractivity contribution in [2.24, 2.45) is 0 Å². The van der Waals surface area contributed by atoms with Gasteiger partial charge in [-0.25, -0.2) is 9.29 Å². The van der Waals surface area contributed by atoms with Gasteiger partial charge in [0.1, 0.15) is 16.5 Å². The zero-order chi connectivity index (χ0) is 24.5. The van der Waals surface area contributed by atoms with Crippen LogP contribution in [0.15, 0.2) is 102 Å². The van der Waals surface area contributed by atoms with E-state index in [2.05, 4.69) is 10.6 Å². The number of amides is 3. The normalized spacial score (nSPS) is 13.5. The van der Waals surface area contributed by atoms with Gasteiger partial charge in [0, 0.05) is 22.3 Å². The van der Waals surface area contributed by atoms with Crippen molar-refractivity contribution >= 4 is 57.2 Å². The van der Waals surface area contributed by atoms with Gasteiger partial charge in [0.25, 0.3) is 17.7 Å². The Kier molecular flexibility index (Phi) is 5.76. The Morgan fingerprint density at radius 3 is 2.23 bits per heavy atom. The number of carbonyl (C=O) groups is 3. The van der Waals surface area contributed by atoms with Crippen LogP contribution in [0, 0.1) is 5.82 Å². The number of nitrogens with one attached hydrogen (secondary N) is 2. The van der Waals surface area contributed by atoms with Gasteiger partial charge in [0.15, 0.2) is 0 Å². The Bertz CT molecular complexity index is 1510. The molecule has 172 valence electrons. The van der Waals surface area contributed by atoms with Crippen LogP contribution < -0.4 is 15.5 Å². The molecular weight excluding hydrogens is 469 g/mol. The zero-order valence-electron chi connectivity index (χ0n) is 18.1. The summed E-state index contributed by atoms with van der Waals surface area (Å²) in [5, 5.41) is 7.43. The molecule has 0 spiro atoms. The zero-order valence-corrected chi connectivity index (χ0v) is 18.8. The van der Waals surface area contributed by atoms with E-state index in [9.17, 15) is 18.8 Å². The standard InChI is InChI=1S/C27H17ClFN3O3/c28-23-24(27(35)32(26(23)34)20-14-10-18(29)11-15-20)30-19-12-8-17(9-13-19)25(33)31-22-7-3-5-16-4-1-2-6-21(16)22/h1-15,30H,(H,31,33). The van der Waals surface area contributed by atoms with Crippen LogP contribution >= 0.6 is 11.6 Å². The van der Waals surface area contributed by atoms with Crippen LogP contribution in [0.2, 0.25) is 0 Å². The average molecular weight is 486 g/mol. The van der Waals surface area contributed by atoms with E-state index in [4.69, 9.17) is 11.6 Å². The molecule has 1 aliphatic heterocycles. The topological polar surface area (TPSA) is 78.5 Å². The lowest BCUT2D eigenvalue weighted by molar-refractivity contribution is -0.120. The van der Waals surface area contributed by atoms with Gasteiger partial charge < -0.3 is 10.6 Å². The summed E-state index contributed by atoms with van der Waals surface area (Å²) in [6.45, 7) is 0. The molecule has 4 aromatic carbocycles. The van der Waals surface area contributed by atoms with Crippen molar-refractivity contribution in [1.29, 1.82) is 0 Å². The quantitative estimate of drug-likeness (QED) is 0.357. The lowest BCUT2D eigenvalue weighted by atomic mass is 10.1. The van der Waals surface area contributed by atoms with E-state index in [1.165, 1.54) is 12.1 Å². The molecule has 8 heteroatoms. The number of hydrogen-bond acceptors (Lipinski definition) is 4. The second-order valence-electron chi connectivity index (χ2n) is 7.79. The predicted molar refractivity (Wildman–Crippen MR) is 134 cm³/mol. The summed E-state index contributed by atoms with van der Waals surface area (Å²) in [6.07, 6.45) is 0. The molecular formula is C27H17ClFN3O3. The highest BCUT2D eigenvalue weighted by molar-refractivity contribution is 6.53. The molecule has 0 atom stereocenters. The predicted octanol–water partition coefficient (Wildman–Crippen LogP) is 5.67. The van der Waals surface area contributed by atoms with Gasteiger partial charge >= 0.3 is 0 Å². The summed E-state index contributed by atoms with van der Waals surface area (Å²) >= 11 is 6.14. The number of anilines is 3.